The SMILES string of the molecule is N#C[C@H]1CCCC[C@@H]1N1NC(Nc2ccc3c(c2)CN(C(=O)c2cnc(N4CCCCC4)cn2)C3)C2C(=O)NCCC21. The molecular formula is C31H39N9O2. The van der Waals surface area contributed by atoms with E-state index in [1.807, 2.05) is 11.0 Å². The minimum Gasteiger partial charge on any atom is -0.368 e. The molecule has 1 saturated carbocycles. The van der Waals surface area contributed by atoms with Crippen molar-refractivity contribution in [2.45, 2.75) is 82.7 Å². The van der Waals surface area contributed by atoms with E-state index < -0.39 is 0 Å². The minimum atomic E-state index is -0.276. The van der Waals surface area contributed by atoms with Gasteiger partial charge >= 0.3 is 0 Å². The van der Waals surface area contributed by atoms with Gasteiger partial charge in [0.05, 0.1) is 30.3 Å². The van der Waals surface area contributed by atoms with Crippen molar-refractivity contribution in [1.29, 1.82) is 5.26 Å². The number of fused-ring (bicyclic) bond motifs is 2. The Labute approximate surface area is 246 Å². The summed E-state index contributed by atoms with van der Waals surface area (Å²) in [5.74, 6) is 0.495. The van der Waals surface area contributed by atoms with Crippen LogP contribution in [0.3, 0.4) is 0 Å². The maximum absolute atomic E-state index is 13.3. The molecule has 1 aromatic carbocycles. The summed E-state index contributed by atoms with van der Waals surface area (Å²) in [7, 11) is 0. The molecule has 1 aliphatic carbocycles. The largest absolute Gasteiger partial charge is 0.368 e. The molecule has 5 aliphatic rings. The fourth-order valence-electron chi connectivity index (χ4n) is 7.58. The van der Waals surface area contributed by atoms with Gasteiger partial charge in [-0.1, -0.05) is 18.9 Å². The Bertz CT molecular complexity index is 1370. The number of carbonyl (C=O) groups is 2. The lowest BCUT2D eigenvalue weighted by Gasteiger charge is -2.39. The molecule has 5 atom stereocenters. The number of anilines is 2. The third-order valence-corrected chi connectivity index (χ3v) is 9.79. The summed E-state index contributed by atoms with van der Waals surface area (Å²) < 4.78 is 0. The molecule has 0 spiro atoms. The van der Waals surface area contributed by atoms with Gasteiger partial charge in [-0.2, -0.15) is 5.26 Å². The molecule has 2 aromatic rings. The number of nitrogens with one attached hydrogen (secondary N) is 3. The predicted molar refractivity (Wildman–Crippen MR) is 157 cm³/mol. The maximum atomic E-state index is 13.3. The first kappa shape index (κ1) is 27.1. The van der Waals surface area contributed by atoms with Crippen LogP contribution in [0, 0.1) is 23.2 Å². The highest BCUT2D eigenvalue weighted by molar-refractivity contribution is 5.92. The molecule has 220 valence electrons. The van der Waals surface area contributed by atoms with E-state index in [1.165, 1.54) is 6.42 Å². The normalized spacial score (nSPS) is 29.4. The number of piperidine rings is 2. The smallest absolute Gasteiger partial charge is 0.274 e. The van der Waals surface area contributed by atoms with Crippen molar-refractivity contribution in [3.8, 4) is 6.07 Å². The van der Waals surface area contributed by atoms with E-state index in [0.717, 1.165) is 80.7 Å². The molecule has 11 nitrogen and oxygen atoms in total. The zero-order valence-electron chi connectivity index (χ0n) is 24.0. The summed E-state index contributed by atoms with van der Waals surface area (Å²) in [4.78, 5) is 39.4. The first-order chi connectivity index (χ1) is 20.6. The summed E-state index contributed by atoms with van der Waals surface area (Å²) in [6.07, 6.45) is 11.6. The molecule has 42 heavy (non-hydrogen) atoms. The van der Waals surface area contributed by atoms with Crippen molar-refractivity contribution in [3.63, 3.8) is 0 Å². The zero-order valence-corrected chi connectivity index (χ0v) is 24.0. The van der Waals surface area contributed by atoms with Crippen molar-refractivity contribution in [1.82, 2.24) is 30.6 Å². The average Bonchev–Trinajstić information content (AvgIpc) is 3.63. The maximum Gasteiger partial charge on any atom is 0.274 e. The number of nitriles is 1. The Morgan fingerprint density at radius 3 is 2.62 bits per heavy atom. The summed E-state index contributed by atoms with van der Waals surface area (Å²) in [5, 5.41) is 18.7. The van der Waals surface area contributed by atoms with E-state index in [-0.39, 0.29) is 41.9 Å². The standard InChI is InChI=1S/C31H39N9O2/c32-15-20-6-2-3-7-25(20)40-26-10-11-33-30(41)28(26)29(37-40)36-23-9-8-21-18-39(19-22(21)14-23)31(42)24-16-35-27(17-34-24)38-12-4-1-5-13-38/h8-9,14,16-17,20,25-26,28-29,36-37H,1-7,10-13,18-19H2,(H,33,41)/t20-,25+,26?,28?,29?/m1/s1. The van der Waals surface area contributed by atoms with Crippen LogP contribution < -0.4 is 21.0 Å². The van der Waals surface area contributed by atoms with Crippen LogP contribution in [0.1, 0.15) is 73.0 Å². The van der Waals surface area contributed by atoms with E-state index >= 15 is 0 Å². The van der Waals surface area contributed by atoms with Crippen molar-refractivity contribution in [2.24, 2.45) is 11.8 Å². The van der Waals surface area contributed by atoms with E-state index in [9.17, 15) is 14.9 Å². The molecule has 3 N–H and O–H groups in total. The second-order valence-electron chi connectivity index (χ2n) is 12.4. The molecule has 5 heterocycles. The lowest BCUT2D eigenvalue weighted by Crippen LogP contribution is -2.54. The number of benzene rings is 1. The Hall–Kier alpha value is -3.75. The number of aromatic nitrogens is 2. The Kier molecular flexibility index (Phi) is 7.42. The van der Waals surface area contributed by atoms with Crippen LogP contribution >= 0.6 is 0 Å². The Morgan fingerprint density at radius 1 is 0.976 bits per heavy atom. The number of hydrogen-bond acceptors (Lipinski definition) is 9. The van der Waals surface area contributed by atoms with Gasteiger partial charge in [-0.05, 0) is 61.8 Å². The third-order valence-electron chi connectivity index (χ3n) is 9.79. The number of amides is 2. The number of hydrazine groups is 1. The number of carbonyl (C=O) groups excluding carboxylic acids is 2. The summed E-state index contributed by atoms with van der Waals surface area (Å²) in [6, 6.07) is 8.88. The Morgan fingerprint density at radius 2 is 1.81 bits per heavy atom. The highest BCUT2D eigenvalue weighted by Crippen LogP contribution is 2.37. The average molecular weight is 570 g/mol. The molecule has 4 aliphatic heterocycles. The van der Waals surface area contributed by atoms with Gasteiger partial charge in [-0.25, -0.2) is 20.4 Å². The highest BCUT2D eigenvalue weighted by atomic mass is 16.2. The van der Waals surface area contributed by atoms with Gasteiger partial charge in [-0.3, -0.25) is 9.59 Å². The lowest BCUT2D eigenvalue weighted by molar-refractivity contribution is -0.128. The van der Waals surface area contributed by atoms with E-state index in [4.69, 9.17) is 0 Å². The number of hydrogen-bond donors (Lipinski definition) is 3. The molecule has 0 radical (unpaired) electrons. The molecular weight excluding hydrogens is 530 g/mol. The lowest BCUT2D eigenvalue weighted by atomic mass is 9.83. The van der Waals surface area contributed by atoms with Crippen LogP contribution in [-0.2, 0) is 17.9 Å². The highest BCUT2D eigenvalue weighted by Gasteiger charge is 2.51. The second-order valence-corrected chi connectivity index (χ2v) is 12.4. The van der Waals surface area contributed by atoms with E-state index in [0.29, 0.717) is 25.3 Å². The van der Waals surface area contributed by atoms with Gasteiger partial charge in [-0.15, -0.1) is 0 Å². The summed E-state index contributed by atoms with van der Waals surface area (Å²) >= 11 is 0. The monoisotopic (exact) mass is 569 g/mol. The molecule has 3 saturated heterocycles. The summed E-state index contributed by atoms with van der Waals surface area (Å²) in [6.45, 7) is 3.66. The molecule has 7 rings (SSSR count). The molecule has 2 amide bonds. The quantitative estimate of drug-likeness (QED) is 0.498. The van der Waals surface area contributed by atoms with Crippen LogP contribution in [0.15, 0.2) is 30.6 Å². The number of nitrogens with zero attached hydrogens (tertiary/aromatic N) is 6. The fourth-order valence-corrected chi connectivity index (χ4v) is 7.58. The van der Waals surface area contributed by atoms with Crippen LogP contribution in [0.4, 0.5) is 11.5 Å². The first-order valence-corrected chi connectivity index (χ1v) is 15.6. The van der Waals surface area contributed by atoms with Crippen LogP contribution in [0.2, 0.25) is 0 Å². The van der Waals surface area contributed by atoms with E-state index in [1.54, 1.807) is 12.4 Å². The van der Waals surface area contributed by atoms with Crippen molar-refractivity contribution >= 4 is 23.3 Å². The Balaban J connectivity index is 1.03. The first-order valence-electron chi connectivity index (χ1n) is 15.6. The van der Waals surface area contributed by atoms with Gasteiger partial charge in [0.25, 0.3) is 5.91 Å². The van der Waals surface area contributed by atoms with Crippen molar-refractivity contribution in [3.05, 3.63) is 47.4 Å². The van der Waals surface area contributed by atoms with Gasteiger partial charge in [0.2, 0.25) is 5.91 Å². The van der Waals surface area contributed by atoms with Gasteiger partial charge in [0, 0.05) is 50.5 Å². The second kappa shape index (κ2) is 11.5. The van der Waals surface area contributed by atoms with Crippen molar-refractivity contribution in [2.75, 3.05) is 29.9 Å². The third kappa shape index (κ3) is 5.07. The van der Waals surface area contributed by atoms with Gasteiger partial charge in [0.15, 0.2) is 0 Å². The topological polar surface area (TPSA) is 130 Å². The molecule has 1 aromatic heterocycles. The van der Waals surface area contributed by atoms with Crippen LogP contribution in [0.5, 0.6) is 0 Å². The molecule has 3 unspecified atom stereocenters. The molecule has 11 heteroatoms. The molecule has 4 fully saturated rings. The number of rotatable bonds is 5. The fraction of sp³-hybridized carbons (Fsp3) is 0.581. The van der Waals surface area contributed by atoms with E-state index in [2.05, 4.69) is 54.1 Å². The molecule has 0 bridgehead atoms. The summed E-state index contributed by atoms with van der Waals surface area (Å²) in [5.41, 5.74) is 7.09. The zero-order chi connectivity index (χ0) is 28.6. The van der Waals surface area contributed by atoms with Gasteiger partial charge < -0.3 is 20.4 Å². The van der Waals surface area contributed by atoms with Gasteiger partial charge in [0.1, 0.15) is 17.7 Å². The van der Waals surface area contributed by atoms with Crippen molar-refractivity contribution < 1.29 is 9.59 Å². The minimum absolute atomic E-state index is 0.0233. The van der Waals surface area contributed by atoms with Crippen LogP contribution in [-0.4, -0.2) is 69.6 Å². The van der Waals surface area contributed by atoms with Crippen LogP contribution in [0.25, 0.3) is 0 Å². The predicted octanol–water partition coefficient (Wildman–Crippen LogP) is 2.77.